The van der Waals surface area contributed by atoms with E-state index in [1.165, 1.54) is 26.4 Å². The van der Waals surface area contributed by atoms with E-state index in [9.17, 15) is 40.5 Å². The number of fused-ring (bicyclic) bond motifs is 1. The zero-order valence-electron chi connectivity index (χ0n) is 19.0. The third kappa shape index (κ3) is 4.23. The number of ether oxygens (including phenoxy) is 4. The van der Waals surface area contributed by atoms with Gasteiger partial charge in [0.1, 0.15) is 46.9 Å². The molecule has 0 amide bonds. The zero-order valence-corrected chi connectivity index (χ0v) is 19.0. The molecule has 0 spiro atoms. The molecule has 2 heterocycles. The van der Waals surface area contributed by atoms with Crippen molar-refractivity contribution in [2.45, 2.75) is 30.7 Å². The smallest absolute Gasteiger partial charge is 0.239 e. The molecule has 0 aliphatic carbocycles. The standard InChI is InChI=1S/C23H24O13/c1-32-12-3-8(4-13(33-2)16(12)27)21-22(18(29)15-10(26)5-9(25)6-11(15)34-21)36-23-20(31)19(30)17(28)14(7-24)35-23/h3-6,14,17,19-20,23-28,30-31H,7H2,1-2H3/t14-,17-,19+,20-,23-/m1/s1. The second-order valence-electron chi connectivity index (χ2n) is 7.97. The largest absolute Gasteiger partial charge is 0.508 e. The average molecular weight is 508 g/mol. The summed E-state index contributed by atoms with van der Waals surface area (Å²) in [5.41, 5.74) is -1.12. The molecule has 13 nitrogen and oxygen atoms in total. The molecule has 0 bridgehead atoms. The molecular formula is C23H24O13. The van der Waals surface area contributed by atoms with Crippen LogP contribution in [0.1, 0.15) is 0 Å². The summed E-state index contributed by atoms with van der Waals surface area (Å²) in [6, 6.07) is 4.55. The zero-order chi connectivity index (χ0) is 26.3. The van der Waals surface area contributed by atoms with Gasteiger partial charge in [0.15, 0.2) is 17.3 Å². The van der Waals surface area contributed by atoms with Gasteiger partial charge < -0.3 is 59.1 Å². The fourth-order valence-electron chi connectivity index (χ4n) is 3.87. The first-order valence-electron chi connectivity index (χ1n) is 10.6. The lowest BCUT2D eigenvalue weighted by Crippen LogP contribution is -2.60. The van der Waals surface area contributed by atoms with Crippen LogP contribution in [0.5, 0.6) is 34.5 Å². The molecule has 7 N–H and O–H groups in total. The number of aliphatic hydroxyl groups is 4. The van der Waals surface area contributed by atoms with Crippen molar-refractivity contribution in [3.63, 3.8) is 0 Å². The van der Waals surface area contributed by atoms with Gasteiger partial charge >= 0.3 is 0 Å². The van der Waals surface area contributed by atoms with Gasteiger partial charge in [0.05, 0.1) is 20.8 Å². The van der Waals surface area contributed by atoms with Crippen molar-refractivity contribution >= 4 is 11.0 Å². The van der Waals surface area contributed by atoms with Crippen LogP contribution in [0.25, 0.3) is 22.3 Å². The van der Waals surface area contributed by atoms with E-state index in [2.05, 4.69) is 0 Å². The molecule has 1 fully saturated rings. The lowest BCUT2D eigenvalue weighted by atomic mass is 9.99. The van der Waals surface area contributed by atoms with Gasteiger partial charge in [0.25, 0.3) is 0 Å². The van der Waals surface area contributed by atoms with E-state index in [1.807, 2.05) is 0 Å². The number of methoxy groups -OCH3 is 2. The molecule has 3 aromatic rings. The fourth-order valence-corrected chi connectivity index (χ4v) is 3.87. The summed E-state index contributed by atoms with van der Waals surface area (Å²) in [5, 5.41) is 70.1. The summed E-state index contributed by atoms with van der Waals surface area (Å²) in [7, 11) is 2.55. The summed E-state index contributed by atoms with van der Waals surface area (Å²) >= 11 is 0. The Morgan fingerprint density at radius 1 is 0.917 bits per heavy atom. The van der Waals surface area contributed by atoms with E-state index in [-0.39, 0.29) is 39.5 Å². The Morgan fingerprint density at radius 3 is 2.14 bits per heavy atom. The van der Waals surface area contributed by atoms with Crippen molar-refractivity contribution in [3.8, 4) is 45.8 Å². The van der Waals surface area contributed by atoms with Crippen LogP contribution in [0.15, 0.2) is 33.5 Å². The summed E-state index contributed by atoms with van der Waals surface area (Å²) in [4.78, 5) is 13.5. The van der Waals surface area contributed by atoms with Crippen LogP contribution in [0.4, 0.5) is 0 Å². The van der Waals surface area contributed by atoms with Gasteiger partial charge in [0, 0.05) is 17.7 Å². The monoisotopic (exact) mass is 508 g/mol. The minimum absolute atomic E-state index is 0.0651. The lowest BCUT2D eigenvalue weighted by Gasteiger charge is -2.39. The molecule has 5 atom stereocenters. The summed E-state index contributed by atoms with van der Waals surface area (Å²) in [6.07, 6.45) is -8.42. The van der Waals surface area contributed by atoms with E-state index in [0.717, 1.165) is 12.1 Å². The third-order valence-electron chi connectivity index (χ3n) is 5.74. The number of hydrogen-bond acceptors (Lipinski definition) is 13. The van der Waals surface area contributed by atoms with Crippen LogP contribution >= 0.6 is 0 Å². The molecule has 36 heavy (non-hydrogen) atoms. The number of rotatable bonds is 6. The first kappa shape index (κ1) is 25.3. The molecule has 0 unspecified atom stereocenters. The van der Waals surface area contributed by atoms with E-state index in [0.29, 0.717) is 0 Å². The van der Waals surface area contributed by atoms with Crippen molar-refractivity contribution in [1.29, 1.82) is 0 Å². The lowest BCUT2D eigenvalue weighted by molar-refractivity contribution is -0.277. The van der Waals surface area contributed by atoms with Crippen LogP contribution in [-0.2, 0) is 4.74 Å². The Kier molecular flexibility index (Phi) is 6.84. The number of aliphatic hydroxyl groups excluding tert-OH is 4. The van der Waals surface area contributed by atoms with Crippen LogP contribution < -0.4 is 19.6 Å². The second-order valence-corrected chi connectivity index (χ2v) is 7.97. The van der Waals surface area contributed by atoms with Gasteiger partial charge in [0.2, 0.25) is 23.2 Å². The van der Waals surface area contributed by atoms with E-state index in [1.54, 1.807) is 0 Å². The second kappa shape index (κ2) is 9.72. The Morgan fingerprint density at radius 2 is 1.56 bits per heavy atom. The number of aromatic hydroxyl groups is 3. The first-order valence-corrected chi connectivity index (χ1v) is 10.6. The highest BCUT2D eigenvalue weighted by atomic mass is 16.7. The molecule has 1 aromatic heterocycles. The Hall–Kier alpha value is -3.75. The normalized spacial score (nSPS) is 24.0. The Balaban J connectivity index is 1.96. The van der Waals surface area contributed by atoms with Crippen LogP contribution in [-0.4, -0.2) is 87.3 Å². The van der Waals surface area contributed by atoms with Gasteiger partial charge in [-0.15, -0.1) is 0 Å². The van der Waals surface area contributed by atoms with Crippen LogP contribution in [0, 0.1) is 0 Å². The topological polar surface area (TPSA) is 209 Å². The summed E-state index contributed by atoms with van der Waals surface area (Å²) in [6.45, 7) is -0.740. The first-order chi connectivity index (χ1) is 17.1. The van der Waals surface area contributed by atoms with Gasteiger partial charge in [-0.3, -0.25) is 4.79 Å². The minimum Gasteiger partial charge on any atom is -0.508 e. The van der Waals surface area contributed by atoms with Crippen molar-refractivity contribution in [2.24, 2.45) is 0 Å². The van der Waals surface area contributed by atoms with Crippen LogP contribution in [0.2, 0.25) is 0 Å². The molecule has 4 rings (SSSR count). The van der Waals surface area contributed by atoms with Crippen molar-refractivity contribution < 1.29 is 59.1 Å². The highest BCUT2D eigenvalue weighted by Crippen LogP contribution is 2.43. The molecule has 1 aliphatic rings. The molecule has 194 valence electrons. The quantitative estimate of drug-likeness (QED) is 0.230. The van der Waals surface area contributed by atoms with Crippen molar-refractivity contribution in [1.82, 2.24) is 0 Å². The highest BCUT2D eigenvalue weighted by Gasteiger charge is 2.45. The number of phenols is 3. The Labute approximate surface area is 202 Å². The maximum atomic E-state index is 13.5. The molecule has 2 aromatic carbocycles. The summed E-state index contributed by atoms with van der Waals surface area (Å²) in [5.74, 6) is -2.44. The van der Waals surface area contributed by atoms with E-state index in [4.69, 9.17) is 23.4 Å². The maximum Gasteiger partial charge on any atom is 0.239 e. The Bertz CT molecular complexity index is 1310. The SMILES string of the molecule is COc1cc(-c2oc3cc(O)cc(O)c3c(=O)c2O[C@H]2O[C@H](CO)[C@@H](O)[C@H](O)[C@H]2O)cc(OC)c1O. The molecule has 0 saturated carbocycles. The molecular weight excluding hydrogens is 484 g/mol. The summed E-state index contributed by atoms with van der Waals surface area (Å²) < 4.78 is 27.1. The average Bonchev–Trinajstić information content (AvgIpc) is 2.85. The van der Waals surface area contributed by atoms with Gasteiger partial charge in [-0.1, -0.05) is 0 Å². The predicted octanol–water partition coefficient (Wildman–Crippen LogP) is -0.227. The van der Waals surface area contributed by atoms with Gasteiger partial charge in [-0.05, 0) is 12.1 Å². The predicted molar refractivity (Wildman–Crippen MR) is 120 cm³/mol. The van der Waals surface area contributed by atoms with Gasteiger partial charge in [-0.2, -0.15) is 0 Å². The van der Waals surface area contributed by atoms with Crippen LogP contribution in [0.3, 0.4) is 0 Å². The number of benzene rings is 2. The highest BCUT2D eigenvalue weighted by molar-refractivity contribution is 5.88. The van der Waals surface area contributed by atoms with Crippen molar-refractivity contribution in [3.05, 3.63) is 34.5 Å². The third-order valence-corrected chi connectivity index (χ3v) is 5.74. The molecule has 1 saturated heterocycles. The number of phenolic OH excluding ortho intramolecular Hbond substituents is 3. The van der Waals surface area contributed by atoms with E-state index >= 15 is 0 Å². The molecule has 0 radical (unpaired) electrons. The minimum atomic E-state index is -1.86. The van der Waals surface area contributed by atoms with Gasteiger partial charge in [-0.25, -0.2) is 0 Å². The van der Waals surface area contributed by atoms with Crippen molar-refractivity contribution in [2.75, 3.05) is 20.8 Å². The van der Waals surface area contributed by atoms with E-state index < -0.39 is 60.0 Å². The number of hydrogen-bond donors (Lipinski definition) is 7. The fraction of sp³-hybridized carbons (Fsp3) is 0.348. The molecule has 13 heteroatoms. The molecule has 1 aliphatic heterocycles. The maximum absolute atomic E-state index is 13.5.